The average molecular weight is 433 g/mol. The Balaban J connectivity index is 2.02. The molecule has 3 rings (SSSR count). The van der Waals surface area contributed by atoms with Crippen LogP contribution < -0.4 is 10.5 Å². The molecule has 0 fully saturated rings. The van der Waals surface area contributed by atoms with Crippen LogP contribution in [0.5, 0.6) is 5.75 Å². The summed E-state index contributed by atoms with van der Waals surface area (Å²) in [5.74, 6) is -6.74. The molecule has 1 heterocycles. The second kappa shape index (κ2) is 8.05. The van der Waals surface area contributed by atoms with Gasteiger partial charge < -0.3 is 15.6 Å². The van der Waals surface area contributed by atoms with Crippen LogP contribution in [0.15, 0.2) is 36.4 Å². The smallest absolute Gasteiger partial charge is 0.456 e. The third kappa shape index (κ3) is 4.16. The molecule has 2 aromatic carbocycles. The van der Waals surface area contributed by atoms with E-state index >= 15 is 0 Å². The molecule has 0 unspecified atom stereocenters. The third-order valence-electron chi connectivity index (χ3n) is 4.40. The number of aromatic nitrogens is 2. The fourth-order valence-electron chi connectivity index (χ4n) is 2.89. The third-order valence-corrected chi connectivity index (χ3v) is 4.40. The molecule has 162 valence electrons. The van der Waals surface area contributed by atoms with Gasteiger partial charge in [-0.15, -0.1) is 0 Å². The number of benzene rings is 2. The van der Waals surface area contributed by atoms with E-state index in [4.69, 9.17) is 10.8 Å². The highest BCUT2D eigenvalue weighted by molar-refractivity contribution is 5.92. The summed E-state index contributed by atoms with van der Waals surface area (Å²) in [6.45, 7) is -1.82. The Morgan fingerprint density at radius 1 is 1.10 bits per heavy atom. The summed E-state index contributed by atoms with van der Waals surface area (Å²) in [7, 11) is 0. The van der Waals surface area contributed by atoms with Crippen LogP contribution in [0.2, 0.25) is 0 Å². The zero-order valence-electron chi connectivity index (χ0n) is 15.4. The van der Waals surface area contributed by atoms with E-state index in [9.17, 15) is 26.3 Å². The van der Waals surface area contributed by atoms with Gasteiger partial charge in [-0.25, -0.2) is 4.39 Å². The number of rotatable bonds is 7. The van der Waals surface area contributed by atoms with Crippen molar-refractivity contribution in [3.8, 4) is 16.9 Å². The topological polar surface area (TPSA) is 73.3 Å². The second-order valence-corrected chi connectivity index (χ2v) is 6.52. The number of fused-ring (bicyclic) bond motifs is 1. The lowest BCUT2D eigenvalue weighted by Crippen LogP contribution is -2.41. The van der Waals surface area contributed by atoms with Crippen molar-refractivity contribution < 1.29 is 36.2 Å². The number of nitrogens with zero attached hydrogens (tertiary/aromatic N) is 2. The second-order valence-electron chi connectivity index (χ2n) is 6.52. The first kappa shape index (κ1) is 21.8. The number of hydrogen-bond donors (Lipinski definition) is 2. The number of aliphatic hydroxyl groups excluding tert-OH is 1. The van der Waals surface area contributed by atoms with Crippen LogP contribution in [0.4, 0.5) is 32.2 Å². The molecule has 0 aliphatic carbocycles. The van der Waals surface area contributed by atoms with Gasteiger partial charge in [0.15, 0.2) is 24.0 Å². The highest BCUT2D eigenvalue weighted by Crippen LogP contribution is 2.39. The van der Waals surface area contributed by atoms with Gasteiger partial charge in [-0.3, -0.25) is 4.68 Å². The van der Waals surface area contributed by atoms with Gasteiger partial charge >= 0.3 is 12.1 Å². The number of hydrogen-bond acceptors (Lipinski definition) is 4. The quantitative estimate of drug-likeness (QED) is 0.543. The Morgan fingerprint density at radius 3 is 2.50 bits per heavy atom. The van der Waals surface area contributed by atoms with Gasteiger partial charge in [-0.2, -0.15) is 27.1 Å². The molecule has 0 atom stereocenters. The molecule has 0 saturated carbocycles. The highest BCUT2D eigenvalue weighted by Gasteiger charge is 2.58. The maximum Gasteiger partial charge on any atom is 0.456 e. The predicted molar refractivity (Wildman–Crippen MR) is 97.7 cm³/mol. The molecule has 0 saturated heterocycles. The number of para-hydroxylation sites is 1. The number of halogens is 6. The standard InChI is InChI=1S/C19H17F6N3O2/c20-14-4-1-3-12(16(14)30-10-18(21,22)19(23,24)25)11-5-6-13-15(9-11)28(7-2-8-29)27-17(13)26/h1,3-6,9,29H,2,7-8,10H2,(H2,26,27). The van der Waals surface area contributed by atoms with E-state index in [0.717, 1.165) is 6.07 Å². The fraction of sp³-hybridized carbons (Fsp3) is 0.316. The molecule has 11 heteroatoms. The zero-order valence-corrected chi connectivity index (χ0v) is 15.4. The van der Waals surface area contributed by atoms with Crippen LogP contribution in [0.3, 0.4) is 0 Å². The van der Waals surface area contributed by atoms with Gasteiger partial charge in [0.1, 0.15) is 0 Å². The lowest BCUT2D eigenvalue weighted by Gasteiger charge is -2.21. The Morgan fingerprint density at radius 2 is 1.83 bits per heavy atom. The van der Waals surface area contributed by atoms with Crippen LogP contribution in [-0.4, -0.2) is 40.2 Å². The van der Waals surface area contributed by atoms with Crippen LogP contribution in [-0.2, 0) is 6.54 Å². The van der Waals surface area contributed by atoms with Crippen LogP contribution >= 0.6 is 0 Å². The lowest BCUT2D eigenvalue weighted by atomic mass is 10.0. The molecule has 5 nitrogen and oxygen atoms in total. The molecule has 0 radical (unpaired) electrons. The number of anilines is 1. The molecular weight excluding hydrogens is 416 g/mol. The van der Waals surface area contributed by atoms with Crippen molar-refractivity contribution in [1.82, 2.24) is 9.78 Å². The molecule has 0 amide bonds. The molecule has 0 aliphatic rings. The van der Waals surface area contributed by atoms with Crippen molar-refractivity contribution in [1.29, 1.82) is 0 Å². The van der Waals surface area contributed by atoms with Crippen molar-refractivity contribution in [3.63, 3.8) is 0 Å². The number of alkyl halides is 5. The first-order chi connectivity index (χ1) is 14.0. The molecule has 0 aliphatic heterocycles. The fourth-order valence-corrected chi connectivity index (χ4v) is 2.89. The maximum absolute atomic E-state index is 14.3. The number of nitrogens with two attached hydrogens (primary N) is 1. The Bertz CT molecular complexity index is 1050. The van der Waals surface area contributed by atoms with Crippen molar-refractivity contribution in [3.05, 3.63) is 42.2 Å². The lowest BCUT2D eigenvalue weighted by molar-refractivity contribution is -0.290. The maximum atomic E-state index is 14.3. The molecule has 0 bridgehead atoms. The SMILES string of the molecule is Nc1nn(CCCO)c2cc(-c3cccc(F)c3OCC(F)(F)C(F)(F)F)ccc12. The van der Waals surface area contributed by atoms with Gasteiger partial charge in [0.2, 0.25) is 0 Å². The van der Waals surface area contributed by atoms with E-state index in [1.165, 1.54) is 22.9 Å². The summed E-state index contributed by atoms with van der Waals surface area (Å²) in [4.78, 5) is 0. The summed E-state index contributed by atoms with van der Waals surface area (Å²) in [6.07, 6.45) is -5.44. The Hall–Kier alpha value is -2.95. The summed E-state index contributed by atoms with van der Waals surface area (Å²) in [6, 6.07) is 8.12. The molecule has 0 spiro atoms. The van der Waals surface area contributed by atoms with Crippen LogP contribution in [0, 0.1) is 5.82 Å². The summed E-state index contributed by atoms with van der Waals surface area (Å²) in [5, 5.41) is 13.7. The van der Waals surface area contributed by atoms with Crippen molar-refractivity contribution in [2.24, 2.45) is 0 Å². The average Bonchev–Trinajstić information content (AvgIpc) is 2.99. The molecule has 3 aromatic rings. The van der Waals surface area contributed by atoms with E-state index in [1.54, 1.807) is 12.1 Å². The summed E-state index contributed by atoms with van der Waals surface area (Å²) >= 11 is 0. The van der Waals surface area contributed by atoms with Crippen molar-refractivity contribution in [2.75, 3.05) is 18.9 Å². The molecule has 3 N–H and O–H groups in total. The Labute approximate surface area is 166 Å². The monoisotopic (exact) mass is 433 g/mol. The molecular formula is C19H17F6N3O2. The van der Waals surface area contributed by atoms with Gasteiger partial charge in [0.05, 0.1) is 5.52 Å². The van der Waals surface area contributed by atoms with E-state index in [2.05, 4.69) is 9.84 Å². The minimum atomic E-state index is -5.83. The number of nitrogen functional groups attached to an aromatic ring is 1. The number of ether oxygens (including phenoxy) is 1. The summed E-state index contributed by atoms with van der Waals surface area (Å²) < 4.78 is 84.1. The number of aliphatic hydroxyl groups is 1. The van der Waals surface area contributed by atoms with Crippen molar-refractivity contribution >= 4 is 16.7 Å². The minimum Gasteiger partial charge on any atom is -0.483 e. The van der Waals surface area contributed by atoms with E-state index in [-0.39, 0.29) is 18.0 Å². The largest absolute Gasteiger partial charge is 0.483 e. The van der Waals surface area contributed by atoms with Gasteiger partial charge in [-0.05, 0) is 30.2 Å². The van der Waals surface area contributed by atoms with Gasteiger partial charge in [-0.1, -0.05) is 18.2 Å². The van der Waals surface area contributed by atoms with Crippen LogP contribution in [0.25, 0.3) is 22.0 Å². The highest BCUT2D eigenvalue weighted by atomic mass is 19.4. The van der Waals surface area contributed by atoms with E-state index in [0.29, 0.717) is 29.4 Å². The van der Waals surface area contributed by atoms with Gasteiger partial charge in [0, 0.05) is 24.1 Å². The molecule has 1 aromatic heterocycles. The number of aryl methyl sites for hydroxylation is 1. The zero-order chi connectivity index (χ0) is 22.1. The van der Waals surface area contributed by atoms with Crippen molar-refractivity contribution in [2.45, 2.75) is 25.1 Å². The predicted octanol–water partition coefficient (Wildman–Crippen LogP) is 4.38. The van der Waals surface area contributed by atoms with E-state index < -0.39 is 30.3 Å². The minimum absolute atomic E-state index is 0.0108. The van der Waals surface area contributed by atoms with E-state index in [1.807, 2.05) is 0 Å². The molecule has 30 heavy (non-hydrogen) atoms. The first-order valence-electron chi connectivity index (χ1n) is 8.78. The van der Waals surface area contributed by atoms with Gasteiger partial charge in [0.25, 0.3) is 0 Å². The Kier molecular flexibility index (Phi) is 5.84. The normalized spacial score (nSPS) is 12.5. The van der Waals surface area contributed by atoms with Crippen LogP contribution in [0.1, 0.15) is 6.42 Å². The first-order valence-corrected chi connectivity index (χ1v) is 8.78. The summed E-state index contributed by atoms with van der Waals surface area (Å²) in [5.41, 5.74) is 6.67.